The Kier molecular flexibility index (Phi) is 6.73. The van der Waals surface area contributed by atoms with Crippen LogP contribution in [-0.4, -0.2) is 41.5 Å². The van der Waals surface area contributed by atoms with Crippen LogP contribution < -0.4 is 10.6 Å². The first-order chi connectivity index (χ1) is 14.8. The molecule has 3 rings (SSSR count). The molecule has 0 fully saturated rings. The number of amides is 1. The van der Waals surface area contributed by atoms with E-state index in [4.69, 9.17) is 0 Å². The molecule has 0 radical (unpaired) electrons. The number of carbonyl (C=O) groups excluding carboxylic acids is 1. The Balaban J connectivity index is 1.98. The number of nitrogens with zero attached hydrogens (tertiary/aromatic N) is 3. The number of nitriles is 1. The number of benzene rings is 2. The van der Waals surface area contributed by atoms with Gasteiger partial charge in [0.15, 0.2) is 0 Å². The molecule has 7 nitrogen and oxygen atoms in total. The topological polar surface area (TPSA) is 101 Å². The summed E-state index contributed by atoms with van der Waals surface area (Å²) in [4.78, 5) is 18.9. The Hall–Kier alpha value is -3.63. The Bertz CT molecular complexity index is 1160. The fourth-order valence-electron chi connectivity index (χ4n) is 3.39. The molecule has 7 heteroatoms. The van der Waals surface area contributed by atoms with Crippen LogP contribution in [-0.2, 0) is 4.79 Å². The second kappa shape index (κ2) is 9.45. The van der Waals surface area contributed by atoms with Crippen molar-refractivity contribution in [3.05, 3.63) is 53.2 Å². The van der Waals surface area contributed by atoms with Crippen LogP contribution in [0.4, 0.5) is 17.1 Å². The van der Waals surface area contributed by atoms with E-state index in [9.17, 15) is 15.2 Å². The van der Waals surface area contributed by atoms with Crippen LogP contribution in [0.2, 0.25) is 0 Å². The quantitative estimate of drug-likeness (QED) is 0.491. The summed E-state index contributed by atoms with van der Waals surface area (Å²) in [5, 5.41) is 26.4. The minimum Gasteiger partial charge on any atom is -0.508 e. The molecule has 0 spiro atoms. The maximum atomic E-state index is 12.4. The van der Waals surface area contributed by atoms with Gasteiger partial charge < -0.3 is 20.6 Å². The Labute approximate surface area is 182 Å². The van der Waals surface area contributed by atoms with Crippen molar-refractivity contribution >= 4 is 33.9 Å². The lowest BCUT2D eigenvalue weighted by Crippen LogP contribution is -2.17. The maximum absolute atomic E-state index is 12.4. The zero-order valence-electron chi connectivity index (χ0n) is 18.3. The van der Waals surface area contributed by atoms with Gasteiger partial charge in [0.2, 0.25) is 5.91 Å². The average molecular weight is 418 g/mol. The van der Waals surface area contributed by atoms with Crippen LogP contribution in [0.1, 0.15) is 29.5 Å². The van der Waals surface area contributed by atoms with E-state index in [1.807, 2.05) is 45.0 Å². The highest BCUT2D eigenvalue weighted by Gasteiger charge is 2.14. The highest BCUT2D eigenvalue weighted by atomic mass is 16.3. The van der Waals surface area contributed by atoms with Crippen LogP contribution in [0.3, 0.4) is 0 Å². The van der Waals surface area contributed by atoms with Gasteiger partial charge in [0.05, 0.1) is 16.8 Å². The van der Waals surface area contributed by atoms with Crippen molar-refractivity contribution in [1.29, 1.82) is 5.26 Å². The van der Waals surface area contributed by atoms with E-state index < -0.39 is 0 Å². The minimum atomic E-state index is -0.0439. The predicted molar refractivity (Wildman–Crippen MR) is 124 cm³/mol. The summed E-state index contributed by atoms with van der Waals surface area (Å²) in [7, 11) is 3.96. The number of fused-ring (bicyclic) bond motifs is 1. The van der Waals surface area contributed by atoms with Crippen molar-refractivity contribution in [2.75, 3.05) is 31.3 Å². The predicted octanol–water partition coefficient (Wildman–Crippen LogP) is 4.45. The summed E-state index contributed by atoms with van der Waals surface area (Å²) in [5.41, 5.74) is 4.95. The largest absolute Gasteiger partial charge is 0.508 e. The summed E-state index contributed by atoms with van der Waals surface area (Å²) < 4.78 is 0. The number of hydrogen-bond acceptors (Lipinski definition) is 6. The molecule has 1 amide bonds. The number of aromatic hydroxyl groups is 1. The Morgan fingerprint density at radius 2 is 1.90 bits per heavy atom. The molecule has 0 saturated heterocycles. The highest BCUT2D eigenvalue weighted by molar-refractivity contribution is 6.01. The van der Waals surface area contributed by atoms with E-state index in [-0.39, 0.29) is 11.7 Å². The van der Waals surface area contributed by atoms with Crippen molar-refractivity contribution in [3.8, 4) is 11.8 Å². The van der Waals surface area contributed by atoms with Gasteiger partial charge >= 0.3 is 0 Å². The molecule has 3 aromatic rings. The highest BCUT2D eigenvalue weighted by Crippen LogP contribution is 2.34. The monoisotopic (exact) mass is 417 g/mol. The average Bonchev–Trinajstić information content (AvgIpc) is 2.70. The lowest BCUT2D eigenvalue weighted by atomic mass is 10.0. The minimum absolute atomic E-state index is 0.0439. The SMILES string of the molecule is Cc1cc2ncc(C#N)c(Nc3ccc(O)cc3C)c2cc1NC(=O)CCCN(C)C. The fourth-order valence-corrected chi connectivity index (χ4v) is 3.39. The molecule has 0 bridgehead atoms. The van der Waals surface area contributed by atoms with E-state index in [0.717, 1.165) is 40.7 Å². The molecule has 160 valence electrons. The molecule has 2 aromatic carbocycles. The number of phenols is 1. The van der Waals surface area contributed by atoms with Gasteiger partial charge in [-0.15, -0.1) is 0 Å². The third-order valence-electron chi connectivity index (χ3n) is 5.09. The summed E-state index contributed by atoms with van der Waals surface area (Å²) in [6, 6.07) is 11.0. The van der Waals surface area contributed by atoms with E-state index in [1.54, 1.807) is 24.4 Å². The molecule has 31 heavy (non-hydrogen) atoms. The first-order valence-corrected chi connectivity index (χ1v) is 10.1. The van der Waals surface area contributed by atoms with Crippen molar-refractivity contribution in [3.63, 3.8) is 0 Å². The van der Waals surface area contributed by atoms with Crippen LogP contribution in [0.15, 0.2) is 36.5 Å². The first-order valence-electron chi connectivity index (χ1n) is 10.1. The normalized spacial score (nSPS) is 10.8. The zero-order valence-corrected chi connectivity index (χ0v) is 18.3. The van der Waals surface area contributed by atoms with E-state index in [2.05, 4.69) is 21.7 Å². The standard InChI is InChI=1S/C24H27N5O2/c1-15-10-18(30)7-8-20(15)28-24-17(13-25)14-26-22-11-16(2)21(12-19(22)24)27-23(31)6-5-9-29(3)4/h7-8,10-12,14,30H,5-6,9H2,1-4H3,(H,26,28)(H,27,31). The number of pyridine rings is 1. The van der Waals surface area contributed by atoms with Crippen molar-refractivity contribution < 1.29 is 9.90 Å². The lowest BCUT2D eigenvalue weighted by Gasteiger charge is -2.16. The van der Waals surface area contributed by atoms with Crippen LogP contribution in [0.5, 0.6) is 5.75 Å². The molecule has 0 atom stereocenters. The van der Waals surface area contributed by atoms with E-state index in [0.29, 0.717) is 23.4 Å². The number of hydrogen-bond donors (Lipinski definition) is 3. The Morgan fingerprint density at radius 1 is 1.16 bits per heavy atom. The lowest BCUT2D eigenvalue weighted by molar-refractivity contribution is -0.116. The summed E-state index contributed by atoms with van der Waals surface area (Å²) >= 11 is 0. The molecule has 1 heterocycles. The second-order valence-corrected chi connectivity index (χ2v) is 7.92. The van der Waals surface area contributed by atoms with Gasteiger partial charge in [0.25, 0.3) is 0 Å². The number of anilines is 3. The van der Waals surface area contributed by atoms with Gasteiger partial charge in [-0.3, -0.25) is 9.78 Å². The smallest absolute Gasteiger partial charge is 0.224 e. The van der Waals surface area contributed by atoms with Crippen molar-refractivity contribution in [2.45, 2.75) is 26.7 Å². The number of carbonyl (C=O) groups is 1. The van der Waals surface area contributed by atoms with E-state index in [1.165, 1.54) is 0 Å². The summed E-state index contributed by atoms with van der Waals surface area (Å²) in [5.74, 6) is 0.135. The van der Waals surface area contributed by atoms with Gasteiger partial charge in [-0.1, -0.05) is 0 Å². The third kappa shape index (κ3) is 5.30. The summed E-state index contributed by atoms with van der Waals surface area (Å²) in [6.45, 7) is 4.65. The molecule has 0 aliphatic heterocycles. The van der Waals surface area contributed by atoms with Gasteiger partial charge in [-0.05, 0) is 82.4 Å². The third-order valence-corrected chi connectivity index (χ3v) is 5.09. The molecule has 0 aliphatic carbocycles. The molecule has 0 aliphatic rings. The van der Waals surface area contributed by atoms with Crippen LogP contribution >= 0.6 is 0 Å². The maximum Gasteiger partial charge on any atom is 0.224 e. The second-order valence-electron chi connectivity index (χ2n) is 7.92. The van der Waals surface area contributed by atoms with Crippen LogP contribution in [0, 0.1) is 25.2 Å². The first kappa shape index (κ1) is 22.1. The van der Waals surface area contributed by atoms with Gasteiger partial charge in [-0.2, -0.15) is 5.26 Å². The number of rotatable bonds is 7. The zero-order chi connectivity index (χ0) is 22.5. The number of aromatic nitrogens is 1. The van der Waals surface area contributed by atoms with Crippen LogP contribution in [0.25, 0.3) is 10.9 Å². The number of nitrogens with one attached hydrogen (secondary N) is 2. The molecule has 0 saturated carbocycles. The Morgan fingerprint density at radius 3 is 2.58 bits per heavy atom. The molecule has 1 aromatic heterocycles. The number of aryl methyl sites for hydroxylation is 2. The fraction of sp³-hybridized carbons (Fsp3) is 0.292. The molecular weight excluding hydrogens is 390 g/mol. The van der Waals surface area contributed by atoms with Gasteiger partial charge in [-0.25, -0.2) is 0 Å². The van der Waals surface area contributed by atoms with E-state index >= 15 is 0 Å². The van der Waals surface area contributed by atoms with Gasteiger partial charge in [0.1, 0.15) is 11.8 Å². The van der Waals surface area contributed by atoms with Crippen molar-refractivity contribution in [1.82, 2.24) is 9.88 Å². The molecule has 0 unspecified atom stereocenters. The number of phenolic OH excluding ortho intramolecular Hbond substituents is 1. The van der Waals surface area contributed by atoms with Crippen molar-refractivity contribution in [2.24, 2.45) is 0 Å². The van der Waals surface area contributed by atoms with Gasteiger partial charge in [0, 0.05) is 29.4 Å². The summed E-state index contributed by atoms with van der Waals surface area (Å²) in [6.07, 6.45) is 2.75. The molecular formula is C24H27N5O2. The molecule has 3 N–H and O–H groups in total.